The first-order chi connectivity index (χ1) is 10.8. The van der Waals surface area contributed by atoms with Gasteiger partial charge in [0.05, 0.1) is 13.6 Å². The van der Waals surface area contributed by atoms with Crippen LogP contribution in [0.1, 0.15) is 20.8 Å². The predicted octanol–water partition coefficient (Wildman–Crippen LogP) is 5.26. The molecule has 0 amide bonds. The molecule has 0 atom stereocenters. The van der Waals surface area contributed by atoms with Gasteiger partial charge in [-0.25, -0.2) is 9.13 Å². The lowest BCUT2D eigenvalue weighted by atomic mass is 10.3. The molecule has 0 unspecified atom stereocenters. The number of rotatable bonds is 1. The average molecular weight is 402 g/mol. The van der Waals surface area contributed by atoms with E-state index < -0.39 is 21.8 Å². The highest BCUT2D eigenvalue weighted by Gasteiger charge is 2.21. The molecule has 0 radical (unpaired) electrons. The molecule has 0 bridgehead atoms. The van der Waals surface area contributed by atoms with Gasteiger partial charge in [0, 0.05) is 0 Å². The molecule has 1 heterocycles. The van der Waals surface area contributed by atoms with Crippen LogP contribution in [0.15, 0.2) is 18.7 Å². The smallest absolute Gasteiger partial charge is 0.418 e. The van der Waals surface area contributed by atoms with E-state index in [1.807, 2.05) is 31.7 Å². The molecule has 1 rings (SSSR count). The molecule has 0 saturated heterocycles. The van der Waals surface area contributed by atoms with Gasteiger partial charge in [0.2, 0.25) is 6.33 Å². The lowest BCUT2D eigenvalue weighted by Gasteiger charge is -1.94. The monoisotopic (exact) mass is 402 g/mol. The zero-order valence-corrected chi connectivity index (χ0v) is 13.6. The first kappa shape index (κ1) is 31.3. The van der Waals surface area contributed by atoms with Gasteiger partial charge in [-0.1, -0.05) is 13.8 Å². The Labute approximate surface area is 137 Å². The second kappa shape index (κ2) is 14.9. The van der Waals surface area contributed by atoms with E-state index in [2.05, 4.69) is 24.0 Å². The number of hydrogen-bond donors (Lipinski definition) is 0. The first-order valence-corrected chi connectivity index (χ1v) is 6.46. The van der Waals surface area contributed by atoms with Gasteiger partial charge in [-0.2, -0.15) is 0 Å². The fourth-order valence-electron chi connectivity index (χ4n) is 0.689. The van der Waals surface area contributed by atoms with Crippen LogP contribution in [0.4, 0.5) is 51.8 Å². The lowest BCUT2D eigenvalue weighted by Crippen LogP contribution is -2.23. The maximum absolute atomic E-state index is 9.75. The fourth-order valence-corrected chi connectivity index (χ4v) is 0.689. The second-order valence-electron chi connectivity index (χ2n) is 3.39. The quantitative estimate of drug-likeness (QED) is 0.345. The van der Waals surface area contributed by atoms with Crippen LogP contribution in [0.3, 0.4) is 0 Å². The van der Waals surface area contributed by atoms with Crippen molar-refractivity contribution in [3.8, 4) is 0 Å². The second-order valence-corrected chi connectivity index (χ2v) is 3.39. The van der Waals surface area contributed by atoms with Crippen LogP contribution in [0.5, 0.6) is 0 Å². The Morgan fingerprint density at radius 2 is 0.960 bits per heavy atom. The molecule has 25 heavy (non-hydrogen) atoms. The first-order valence-electron chi connectivity index (χ1n) is 6.46. The van der Waals surface area contributed by atoms with Crippen LogP contribution >= 0.6 is 0 Å². The summed E-state index contributed by atoms with van der Waals surface area (Å²) in [5.41, 5.74) is 0. The Kier molecular flexibility index (Phi) is 18.6. The number of aryl methyl sites for hydroxylation is 2. The number of nitrogens with zero attached hydrogens (tertiary/aromatic N) is 2. The molecule has 0 N–H and O–H groups in total. The molecule has 0 spiro atoms. The number of imidazole rings is 1. The van der Waals surface area contributed by atoms with Gasteiger partial charge >= 0.3 is 21.8 Å². The standard InChI is InChI=1S/C6H11N2.C2H6.3BF4/c1-3-8-5-4-7(2)6-8;1-2;3*2-1(3,4)5/h4-6H,3H2,1-2H3;1-2H3;;;/q+1;;3*-1. The molecule has 0 aliphatic heterocycles. The van der Waals surface area contributed by atoms with Gasteiger partial charge in [0.1, 0.15) is 12.4 Å². The number of aromatic nitrogens is 2. The third-order valence-corrected chi connectivity index (χ3v) is 1.19. The molecular formula is C8H17B3F12N2-2. The molecule has 1 aromatic heterocycles. The van der Waals surface area contributed by atoms with E-state index in [9.17, 15) is 51.8 Å². The van der Waals surface area contributed by atoms with Crippen molar-refractivity contribution in [3.05, 3.63) is 18.7 Å². The van der Waals surface area contributed by atoms with Crippen molar-refractivity contribution in [2.75, 3.05) is 0 Å². The topological polar surface area (TPSA) is 8.81 Å². The molecule has 0 saturated carbocycles. The molecule has 0 fully saturated rings. The summed E-state index contributed by atoms with van der Waals surface area (Å²) in [6, 6.07) is 0. The van der Waals surface area contributed by atoms with Crippen molar-refractivity contribution < 1.29 is 56.4 Å². The van der Waals surface area contributed by atoms with E-state index in [-0.39, 0.29) is 0 Å². The van der Waals surface area contributed by atoms with Crippen LogP contribution < -0.4 is 4.57 Å². The molecule has 0 aliphatic rings. The summed E-state index contributed by atoms with van der Waals surface area (Å²) >= 11 is 0. The van der Waals surface area contributed by atoms with Crippen molar-refractivity contribution in [1.29, 1.82) is 0 Å². The van der Waals surface area contributed by atoms with Gasteiger partial charge in [-0.15, -0.1) is 0 Å². The fraction of sp³-hybridized carbons (Fsp3) is 0.625. The van der Waals surface area contributed by atoms with Crippen LogP contribution in [0, 0.1) is 0 Å². The van der Waals surface area contributed by atoms with Crippen LogP contribution in [0.2, 0.25) is 0 Å². The van der Waals surface area contributed by atoms with Gasteiger partial charge in [0.15, 0.2) is 0 Å². The summed E-state index contributed by atoms with van der Waals surface area (Å²) in [5.74, 6) is 0. The SMILES string of the molecule is CC.CCn1cc[n+](C)c1.F[B-](F)(F)F.F[B-](F)(F)F.F[B-](F)(F)F. The molecule has 0 aliphatic carbocycles. The van der Waals surface area contributed by atoms with Crippen molar-refractivity contribution in [2.24, 2.45) is 7.05 Å². The average Bonchev–Trinajstić information content (AvgIpc) is 2.71. The Morgan fingerprint density at radius 1 is 0.720 bits per heavy atom. The van der Waals surface area contributed by atoms with Crippen LogP contribution in [-0.4, -0.2) is 26.3 Å². The minimum absolute atomic E-state index is 1.06. The largest absolute Gasteiger partial charge is 0.673 e. The van der Waals surface area contributed by atoms with Crippen LogP contribution in [0.25, 0.3) is 0 Å². The summed E-state index contributed by atoms with van der Waals surface area (Å²) in [7, 11) is -16.0. The van der Waals surface area contributed by atoms with Gasteiger partial charge in [0.25, 0.3) is 0 Å². The molecule has 17 heteroatoms. The van der Waals surface area contributed by atoms with Crippen molar-refractivity contribution in [1.82, 2.24) is 4.57 Å². The third-order valence-electron chi connectivity index (χ3n) is 1.19. The zero-order valence-electron chi connectivity index (χ0n) is 13.6. The summed E-state index contributed by atoms with van der Waals surface area (Å²) in [4.78, 5) is 0. The highest BCUT2D eigenvalue weighted by Crippen LogP contribution is 2.07. The summed E-state index contributed by atoms with van der Waals surface area (Å²) in [6.07, 6.45) is 6.14. The van der Waals surface area contributed by atoms with E-state index in [4.69, 9.17) is 0 Å². The Hall–Kier alpha value is -1.44. The molecule has 1 aromatic rings. The van der Waals surface area contributed by atoms with Gasteiger partial charge in [-0.3, -0.25) is 0 Å². The molecule has 154 valence electrons. The van der Waals surface area contributed by atoms with E-state index in [0.717, 1.165) is 6.54 Å². The molecular weight excluding hydrogens is 385 g/mol. The summed E-state index contributed by atoms with van der Waals surface area (Å²) in [6.45, 7) is 7.18. The van der Waals surface area contributed by atoms with E-state index in [1.165, 1.54) is 0 Å². The summed E-state index contributed by atoms with van der Waals surface area (Å²) in [5, 5.41) is 0. The molecule has 0 aromatic carbocycles. The third kappa shape index (κ3) is 104. The number of hydrogen-bond acceptors (Lipinski definition) is 0. The van der Waals surface area contributed by atoms with E-state index >= 15 is 0 Å². The van der Waals surface area contributed by atoms with E-state index in [0.29, 0.717) is 0 Å². The van der Waals surface area contributed by atoms with Crippen LogP contribution in [-0.2, 0) is 13.6 Å². The van der Waals surface area contributed by atoms with Gasteiger partial charge < -0.3 is 51.8 Å². The predicted molar refractivity (Wildman–Crippen MR) is 73.2 cm³/mol. The Balaban J connectivity index is -0.000000117. The van der Waals surface area contributed by atoms with Gasteiger partial charge in [-0.05, 0) is 6.92 Å². The van der Waals surface area contributed by atoms with E-state index in [1.54, 1.807) is 0 Å². The Bertz CT molecular complexity index is 354. The normalized spacial score (nSPS) is 10.6. The van der Waals surface area contributed by atoms with Crippen molar-refractivity contribution in [2.45, 2.75) is 27.3 Å². The van der Waals surface area contributed by atoms with Crippen molar-refractivity contribution in [3.63, 3.8) is 0 Å². The zero-order chi connectivity index (χ0) is 21.5. The maximum Gasteiger partial charge on any atom is 0.673 e. The summed E-state index contributed by atoms with van der Waals surface area (Å²) < 4.78 is 121. The highest BCUT2D eigenvalue weighted by atomic mass is 19.5. The minimum Gasteiger partial charge on any atom is -0.418 e. The maximum atomic E-state index is 9.75. The van der Waals surface area contributed by atoms with Crippen molar-refractivity contribution >= 4 is 21.8 Å². The molecule has 2 nitrogen and oxygen atoms in total. The highest BCUT2D eigenvalue weighted by molar-refractivity contribution is 6.50. The Morgan fingerprint density at radius 3 is 1.04 bits per heavy atom. The minimum atomic E-state index is -6.00. The number of halogens is 12. The lowest BCUT2D eigenvalue weighted by molar-refractivity contribution is -0.671.